The summed E-state index contributed by atoms with van der Waals surface area (Å²) in [5, 5.41) is 3.06. The first-order valence-corrected chi connectivity index (χ1v) is 5.28. The topological polar surface area (TPSA) is 61.9 Å². The van der Waals surface area contributed by atoms with Gasteiger partial charge in [0.05, 0.1) is 19.8 Å². The molecular formula is C10H20ClN3O3. The average molecular weight is 266 g/mol. The molecule has 0 saturated carbocycles. The molecule has 1 atom stereocenters. The molecule has 1 aliphatic heterocycles. The molecule has 2 amide bonds. The van der Waals surface area contributed by atoms with Crippen LogP contribution in [0.15, 0.2) is 0 Å². The summed E-state index contributed by atoms with van der Waals surface area (Å²) in [6.07, 6.45) is 0. The zero-order valence-corrected chi connectivity index (χ0v) is 11.2. The molecular weight excluding hydrogens is 246 g/mol. The van der Waals surface area contributed by atoms with Crippen molar-refractivity contribution in [2.24, 2.45) is 0 Å². The largest absolute Gasteiger partial charge is 0.378 e. The fraction of sp³-hybridized carbons (Fsp3) is 0.800. The van der Waals surface area contributed by atoms with E-state index in [0.29, 0.717) is 19.8 Å². The summed E-state index contributed by atoms with van der Waals surface area (Å²) >= 11 is 0. The first kappa shape index (κ1) is 16.1. The van der Waals surface area contributed by atoms with Crippen LogP contribution in [0.4, 0.5) is 0 Å². The van der Waals surface area contributed by atoms with Gasteiger partial charge in [0, 0.05) is 27.7 Å². The van der Waals surface area contributed by atoms with Gasteiger partial charge in [0.1, 0.15) is 6.04 Å². The van der Waals surface area contributed by atoms with Crippen LogP contribution in [0.3, 0.4) is 0 Å². The Morgan fingerprint density at radius 3 is 2.47 bits per heavy atom. The van der Waals surface area contributed by atoms with Crippen LogP contribution < -0.4 is 5.32 Å². The van der Waals surface area contributed by atoms with Crippen molar-refractivity contribution in [1.29, 1.82) is 0 Å². The van der Waals surface area contributed by atoms with Gasteiger partial charge in [0.25, 0.3) is 0 Å². The lowest BCUT2D eigenvalue weighted by molar-refractivity contribution is -0.141. The molecule has 0 aromatic rings. The van der Waals surface area contributed by atoms with E-state index < -0.39 is 0 Å². The van der Waals surface area contributed by atoms with Gasteiger partial charge in [-0.15, -0.1) is 12.4 Å². The number of ether oxygens (including phenoxy) is 1. The van der Waals surface area contributed by atoms with Gasteiger partial charge in [-0.25, -0.2) is 0 Å². The summed E-state index contributed by atoms with van der Waals surface area (Å²) < 4.78 is 5.20. The molecule has 1 heterocycles. The maximum atomic E-state index is 11.9. The van der Waals surface area contributed by atoms with E-state index >= 15 is 0 Å². The molecule has 100 valence electrons. The highest BCUT2D eigenvalue weighted by molar-refractivity contribution is 5.87. The third-order valence-corrected chi connectivity index (χ3v) is 2.47. The van der Waals surface area contributed by atoms with Crippen LogP contribution in [0.1, 0.15) is 0 Å². The summed E-state index contributed by atoms with van der Waals surface area (Å²) in [5.41, 5.74) is 0. The van der Waals surface area contributed by atoms with Crippen LogP contribution >= 0.6 is 12.4 Å². The van der Waals surface area contributed by atoms with Crippen molar-refractivity contribution in [1.82, 2.24) is 15.1 Å². The van der Waals surface area contributed by atoms with Crippen molar-refractivity contribution in [3.63, 3.8) is 0 Å². The van der Waals surface area contributed by atoms with Crippen molar-refractivity contribution < 1.29 is 14.3 Å². The highest BCUT2D eigenvalue weighted by Gasteiger charge is 2.25. The van der Waals surface area contributed by atoms with Crippen LogP contribution in [0, 0.1) is 0 Å². The maximum Gasteiger partial charge on any atom is 0.242 e. The van der Waals surface area contributed by atoms with E-state index in [1.165, 1.54) is 9.80 Å². The summed E-state index contributed by atoms with van der Waals surface area (Å²) in [5.74, 6) is -0.192. The number of amides is 2. The van der Waals surface area contributed by atoms with Crippen molar-refractivity contribution in [2.75, 3.05) is 47.4 Å². The number of nitrogens with zero attached hydrogens (tertiary/aromatic N) is 2. The Bertz CT molecular complexity index is 268. The molecule has 1 rings (SSSR count). The second-order valence-corrected chi connectivity index (χ2v) is 4.06. The number of halogens is 1. The van der Waals surface area contributed by atoms with Gasteiger partial charge >= 0.3 is 0 Å². The van der Waals surface area contributed by atoms with Crippen LogP contribution in [-0.2, 0) is 14.3 Å². The predicted octanol–water partition coefficient (Wildman–Crippen LogP) is -1.06. The second-order valence-electron chi connectivity index (χ2n) is 4.06. The van der Waals surface area contributed by atoms with E-state index in [4.69, 9.17) is 4.74 Å². The number of nitrogens with one attached hydrogen (secondary N) is 1. The molecule has 17 heavy (non-hydrogen) atoms. The monoisotopic (exact) mass is 265 g/mol. The molecule has 1 fully saturated rings. The Balaban J connectivity index is 0.00000256. The molecule has 0 radical (unpaired) electrons. The number of likely N-dealkylation sites (N-methyl/N-ethyl adjacent to an activating group) is 2. The average Bonchev–Trinajstić information content (AvgIpc) is 2.28. The second kappa shape index (κ2) is 7.47. The minimum atomic E-state index is -0.325. The minimum absolute atomic E-state index is 0. The zero-order chi connectivity index (χ0) is 12.1. The lowest BCUT2D eigenvalue weighted by Crippen LogP contribution is -2.53. The molecule has 1 aliphatic rings. The number of rotatable bonds is 3. The Kier molecular flexibility index (Phi) is 7.10. The minimum Gasteiger partial charge on any atom is -0.378 e. The standard InChI is InChI=1S/C10H19N3O3.ClH/c1-12(2)9(14)6-13(3)10(15)8-7-16-5-4-11-8;/h8,11H,4-7H2,1-3H3;1H. The van der Waals surface area contributed by atoms with Crippen molar-refractivity contribution >= 4 is 24.2 Å². The highest BCUT2D eigenvalue weighted by Crippen LogP contribution is 1.98. The summed E-state index contributed by atoms with van der Waals surface area (Å²) in [6.45, 7) is 1.78. The summed E-state index contributed by atoms with van der Waals surface area (Å²) in [4.78, 5) is 26.2. The van der Waals surface area contributed by atoms with Crippen LogP contribution in [0.5, 0.6) is 0 Å². The quantitative estimate of drug-likeness (QED) is 0.707. The lowest BCUT2D eigenvalue weighted by Gasteiger charge is -2.27. The first-order chi connectivity index (χ1) is 7.52. The van der Waals surface area contributed by atoms with Crippen LogP contribution in [0.2, 0.25) is 0 Å². The van der Waals surface area contributed by atoms with E-state index in [1.807, 2.05) is 0 Å². The summed E-state index contributed by atoms with van der Waals surface area (Å²) in [6, 6.07) is -0.325. The number of hydrogen-bond acceptors (Lipinski definition) is 4. The predicted molar refractivity (Wildman–Crippen MR) is 66.2 cm³/mol. The van der Waals surface area contributed by atoms with Gasteiger partial charge < -0.3 is 19.9 Å². The van der Waals surface area contributed by atoms with Gasteiger partial charge in [-0.3, -0.25) is 9.59 Å². The van der Waals surface area contributed by atoms with E-state index in [9.17, 15) is 9.59 Å². The van der Waals surface area contributed by atoms with E-state index in [0.717, 1.165) is 0 Å². The molecule has 6 nitrogen and oxygen atoms in total. The van der Waals surface area contributed by atoms with Crippen molar-refractivity contribution in [3.8, 4) is 0 Å². The number of hydrogen-bond donors (Lipinski definition) is 1. The number of carbonyl (C=O) groups is 2. The third kappa shape index (κ3) is 4.89. The molecule has 0 bridgehead atoms. The molecule has 0 spiro atoms. The fourth-order valence-electron chi connectivity index (χ4n) is 1.41. The molecule has 0 aliphatic carbocycles. The molecule has 7 heteroatoms. The van der Waals surface area contributed by atoms with Gasteiger partial charge in [0.2, 0.25) is 11.8 Å². The molecule has 1 saturated heterocycles. The van der Waals surface area contributed by atoms with E-state index in [-0.39, 0.29) is 36.8 Å². The van der Waals surface area contributed by atoms with Gasteiger partial charge in [-0.05, 0) is 0 Å². The Morgan fingerprint density at radius 2 is 2.00 bits per heavy atom. The number of carbonyl (C=O) groups excluding carboxylic acids is 2. The molecule has 1 N–H and O–H groups in total. The smallest absolute Gasteiger partial charge is 0.242 e. The Morgan fingerprint density at radius 1 is 1.35 bits per heavy atom. The van der Waals surface area contributed by atoms with E-state index in [2.05, 4.69) is 5.32 Å². The van der Waals surface area contributed by atoms with Crippen LogP contribution in [0.25, 0.3) is 0 Å². The van der Waals surface area contributed by atoms with Gasteiger partial charge in [-0.2, -0.15) is 0 Å². The Labute approximate surface area is 108 Å². The van der Waals surface area contributed by atoms with Gasteiger partial charge in [-0.1, -0.05) is 0 Å². The molecule has 0 aromatic heterocycles. The Hall–Kier alpha value is -0.850. The van der Waals surface area contributed by atoms with E-state index in [1.54, 1.807) is 21.1 Å². The molecule has 1 unspecified atom stereocenters. The number of morpholine rings is 1. The fourth-order valence-corrected chi connectivity index (χ4v) is 1.41. The third-order valence-electron chi connectivity index (χ3n) is 2.47. The zero-order valence-electron chi connectivity index (χ0n) is 10.4. The normalized spacial score (nSPS) is 19.1. The first-order valence-electron chi connectivity index (χ1n) is 5.28. The lowest BCUT2D eigenvalue weighted by atomic mass is 10.2. The SMILES string of the molecule is CN(C)C(=O)CN(C)C(=O)C1COCCN1.Cl. The van der Waals surface area contributed by atoms with Crippen molar-refractivity contribution in [3.05, 3.63) is 0 Å². The molecule has 0 aromatic carbocycles. The van der Waals surface area contributed by atoms with Crippen molar-refractivity contribution in [2.45, 2.75) is 6.04 Å². The maximum absolute atomic E-state index is 11.9. The van der Waals surface area contributed by atoms with Crippen LogP contribution in [-0.4, -0.2) is 75.1 Å². The van der Waals surface area contributed by atoms with Gasteiger partial charge in [0.15, 0.2) is 0 Å². The highest BCUT2D eigenvalue weighted by atomic mass is 35.5. The summed E-state index contributed by atoms with van der Waals surface area (Å²) in [7, 11) is 4.96.